The SMILES string of the molecule is COCCCNC(=O)C1CCN(C(=O)c2cc3ccsc3n2Cc2ccc(Cl)cc2)CC1. The number of likely N-dealkylation sites (tertiary alicyclic amines) is 1. The Labute approximate surface area is 197 Å². The Bertz CT molecular complexity index is 1070. The van der Waals surface area contributed by atoms with Crippen molar-refractivity contribution in [1.82, 2.24) is 14.8 Å². The molecule has 0 saturated carbocycles. The van der Waals surface area contributed by atoms with E-state index in [1.165, 1.54) is 0 Å². The van der Waals surface area contributed by atoms with E-state index in [4.69, 9.17) is 16.3 Å². The molecule has 0 unspecified atom stereocenters. The Kier molecular flexibility index (Phi) is 7.50. The molecule has 0 spiro atoms. The highest BCUT2D eigenvalue weighted by atomic mass is 35.5. The molecule has 1 aliphatic rings. The van der Waals surface area contributed by atoms with Crippen LogP contribution in [0.1, 0.15) is 35.3 Å². The van der Waals surface area contributed by atoms with E-state index < -0.39 is 0 Å². The maximum absolute atomic E-state index is 13.4. The molecule has 3 aromatic rings. The van der Waals surface area contributed by atoms with Crippen LogP contribution in [0.4, 0.5) is 0 Å². The number of rotatable bonds is 8. The molecule has 1 N–H and O–H groups in total. The van der Waals surface area contributed by atoms with Gasteiger partial charge in [-0.15, -0.1) is 11.3 Å². The summed E-state index contributed by atoms with van der Waals surface area (Å²) in [6.07, 6.45) is 2.18. The molecule has 170 valence electrons. The monoisotopic (exact) mass is 473 g/mol. The number of carbonyl (C=O) groups is 2. The number of fused-ring (bicyclic) bond motifs is 1. The smallest absolute Gasteiger partial charge is 0.270 e. The third kappa shape index (κ3) is 5.17. The Morgan fingerprint density at radius 1 is 1.19 bits per heavy atom. The average Bonchev–Trinajstić information content (AvgIpc) is 3.40. The number of benzene rings is 1. The van der Waals surface area contributed by atoms with Gasteiger partial charge in [-0.2, -0.15) is 0 Å². The second-order valence-corrected chi connectivity index (χ2v) is 9.46. The lowest BCUT2D eigenvalue weighted by molar-refractivity contribution is -0.126. The van der Waals surface area contributed by atoms with Gasteiger partial charge in [0, 0.05) is 56.2 Å². The Hall–Kier alpha value is -2.35. The van der Waals surface area contributed by atoms with Gasteiger partial charge in [-0.3, -0.25) is 9.59 Å². The van der Waals surface area contributed by atoms with E-state index in [1.54, 1.807) is 18.4 Å². The van der Waals surface area contributed by atoms with Crippen LogP contribution < -0.4 is 5.32 Å². The quantitative estimate of drug-likeness (QED) is 0.493. The number of nitrogens with one attached hydrogen (secondary N) is 1. The van der Waals surface area contributed by atoms with Gasteiger partial charge >= 0.3 is 0 Å². The summed E-state index contributed by atoms with van der Waals surface area (Å²) in [5.41, 5.74) is 1.79. The van der Waals surface area contributed by atoms with Gasteiger partial charge in [-0.05, 0) is 54.5 Å². The molecule has 8 heteroatoms. The van der Waals surface area contributed by atoms with Crippen molar-refractivity contribution in [1.29, 1.82) is 0 Å². The highest BCUT2D eigenvalue weighted by Crippen LogP contribution is 2.28. The number of carbonyl (C=O) groups excluding carboxylic acids is 2. The fraction of sp³-hybridized carbons (Fsp3) is 0.417. The van der Waals surface area contributed by atoms with E-state index in [-0.39, 0.29) is 17.7 Å². The fourth-order valence-corrected chi connectivity index (χ4v) is 5.18. The van der Waals surface area contributed by atoms with Crippen molar-refractivity contribution >= 4 is 45.0 Å². The minimum atomic E-state index is -0.0362. The lowest BCUT2D eigenvalue weighted by Gasteiger charge is -2.31. The summed E-state index contributed by atoms with van der Waals surface area (Å²) in [4.78, 5) is 28.8. The molecule has 6 nitrogen and oxygen atoms in total. The fourth-order valence-electron chi connectivity index (χ4n) is 4.16. The number of aromatic nitrogens is 1. The van der Waals surface area contributed by atoms with Crippen molar-refractivity contribution < 1.29 is 14.3 Å². The topological polar surface area (TPSA) is 63.6 Å². The predicted molar refractivity (Wildman–Crippen MR) is 128 cm³/mol. The number of nitrogens with zero attached hydrogens (tertiary/aromatic N) is 2. The first kappa shape index (κ1) is 22.8. The van der Waals surface area contributed by atoms with Gasteiger partial charge in [0.25, 0.3) is 5.91 Å². The second kappa shape index (κ2) is 10.5. The molecule has 0 radical (unpaired) electrons. The molecular weight excluding hydrogens is 446 g/mol. The first-order valence-electron chi connectivity index (χ1n) is 10.9. The molecule has 1 fully saturated rings. The minimum absolute atomic E-state index is 0.0290. The van der Waals surface area contributed by atoms with Gasteiger partial charge in [0.2, 0.25) is 5.91 Å². The van der Waals surface area contributed by atoms with Crippen molar-refractivity contribution in [2.75, 3.05) is 33.4 Å². The highest BCUT2D eigenvalue weighted by Gasteiger charge is 2.29. The number of thiophene rings is 1. The summed E-state index contributed by atoms with van der Waals surface area (Å²) in [5, 5.41) is 6.81. The minimum Gasteiger partial charge on any atom is -0.385 e. The summed E-state index contributed by atoms with van der Waals surface area (Å²) in [5.74, 6) is 0.0760. The molecule has 1 saturated heterocycles. The summed E-state index contributed by atoms with van der Waals surface area (Å²) in [6.45, 7) is 3.06. The molecule has 2 aromatic heterocycles. The van der Waals surface area contributed by atoms with E-state index in [0.717, 1.165) is 22.2 Å². The summed E-state index contributed by atoms with van der Waals surface area (Å²) >= 11 is 7.67. The molecule has 1 aliphatic heterocycles. The summed E-state index contributed by atoms with van der Waals surface area (Å²) in [6, 6.07) is 11.8. The number of hydrogen-bond acceptors (Lipinski definition) is 4. The molecule has 32 heavy (non-hydrogen) atoms. The van der Waals surface area contributed by atoms with E-state index in [0.29, 0.717) is 56.3 Å². The van der Waals surface area contributed by atoms with Gasteiger partial charge in [0.05, 0.1) is 0 Å². The lowest BCUT2D eigenvalue weighted by Crippen LogP contribution is -2.43. The molecule has 2 amide bonds. The van der Waals surface area contributed by atoms with Crippen molar-refractivity contribution in [3.05, 3.63) is 58.1 Å². The van der Waals surface area contributed by atoms with E-state index in [9.17, 15) is 9.59 Å². The van der Waals surface area contributed by atoms with Crippen molar-refractivity contribution in [2.24, 2.45) is 5.92 Å². The van der Waals surface area contributed by atoms with Crippen molar-refractivity contribution in [2.45, 2.75) is 25.8 Å². The summed E-state index contributed by atoms with van der Waals surface area (Å²) < 4.78 is 7.11. The van der Waals surface area contributed by atoms with Crippen LogP contribution in [0.15, 0.2) is 41.8 Å². The van der Waals surface area contributed by atoms with Crippen LogP contribution in [0.5, 0.6) is 0 Å². The van der Waals surface area contributed by atoms with Gasteiger partial charge in [0.1, 0.15) is 10.5 Å². The van der Waals surface area contributed by atoms with E-state index >= 15 is 0 Å². The Balaban J connectivity index is 1.42. The van der Waals surface area contributed by atoms with Crippen LogP contribution in [0, 0.1) is 5.92 Å². The first-order valence-corrected chi connectivity index (χ1v) is 12.2. The molecule has 0 aliphatic carbocycles. The van der Waals surface area contributed by atoms with E-state index in [1.807, 2.05) is 40.6 Å². The summed E-state index contributed by atoms with van der Waals surface area (Å²) in [7, 11) is 1.66. The van der Waals surface area contributed by atoms with Crippen LogP contribution >= 0.6 is 22.9 Å². The van der Waals surface area contributed by atoms with Crippen molar-refractivity contribution in [3.8, 4) is 0 Å². The van der Waals surface area contributed by atoms with Crippen LogP contribution in [-0.2, 0) is 16.1 Å². The third-order valence-corrected chi connectivity index (χ3v) is 7.16. The van der Waals surface area contributed by atoms with E-state index in [2.05, 4.69) is 16.0 Å². The number of amides is 2. The van der Waals surface area contributed by atoms with Crippen LogP contribution in [-0.4, -0.2) is 54.6 Å². The maximum Gasteiger partial charge on any atom is 0.270 e. The average molecular weight is 474 g/mol. The van der Waals surface area contributed by atoms with Gasteiger partial charge in [-0.1, -0.05) is 23.7 Å². The van der Waals surface area contributed by atoms with Crippen LogP contribution in [0.25, 0.3) is 10.2 Å². The van der Waals surface area contributed by atoms with Crippen LogP contribution in [0.3, 0.4) is 0 Å². The molecule has 0 atom stereocenters. The number of halogens is 1. The zero-order chi connectivity index (χ0) is 22.5. The molecule has 4 rings (SSSR count). The first-order chi connectivity index (χ1) is 15.6. The zero-order valence-corrected chi connectivity index (χ0v) is 19.8. The number of hydrogen-bond donors (Lipinski definition) is 1. The van der Waals surface area contributed by atoms with Gasteiger partial charge in [-0.25, -0.2) is 0 Å². The second-order valence-electron chi connectivity index (χ2n) is 8.13. The third-order valence-electron chi connectivity index (χ3n) is 5.95. The Morgan fingerprint density at radius 2 is 1.94 bits per heavy atom. The maximum atomic E-state index is 13.4. The lowest BCUT2D eigenvalue weighted by atomic mass is 9.95. The van der Waals surface area contributed by atoms with Gasteiger partial charge < -0.3 is 19.5 Å². The molecule has 1 aromatic carbocycles. The molecule has 0 bridgehead atoms. The highest BCUT2D eigenvalue weighted by molar-refractivity contribution is 7.16. The molecular formula is C24H28ClN3O3S. The number of piperidine rings is 1. The Morgan fingerprint density at radius 3 is 2.66 bits per heavy atom. The standard InChI is InChI=1S/C24H28ClN3O3S/c1-31-13-2-10-26-22(29)18-7-11-27(12-8-18)23(30)21-15-19-9-14-32-24(19)28(21)16-17-3-5-20(25)6-4-17/h3-6,9,14-15,18H,2,7-8,10-13,16H2,1H3,(H,26,29). The normalized spacial score (nSPS) is 14.8. The molecule has 3 heterocycles. The zero-order valence-electron chi connectivity index (χ0n) is 18.2. The van der Waals surface area contributed by atoms with Crippen LogP contribution in [0.2, 0.25) is 5.02 Å². The number of ether oxygens (including phenoxy) is 1. The number of methoxy groups -OCH3 is 1. The largest absolute Gasteiger partial charge is 0.385 e. The predicted octanol–water partition coefficient (Wildman–Crippen LogP) is 4.41. The van der Waals surface area contributed by atoms with Gasteiger partial charge in [0.15, 0.2) is 0 Å². The van der Waals surface area contributed by atoms with Crippen molar-refractivity contribution in [3.63, 3.8) is 0 Å².